The predicted molar refractivity (Wildman–Crippen MR) is 121 cm³/mol. The molecule has 1 heterocycles. The van der Waals surface area contributed by atoms with Gasteiger partial charge in [-0.3, -0.25) is 4.90 Å². The average Bonchev–Trinajstić information content (AvgIpc) is 2.84. The largest absolute Gasteiger partial charge is 0.493 e. The third-order valence-electron chi connectivity index (χ3n) is 5.25. The second-order valence-corrected chi connectivity index (χ2v) is 7.04. The molecule has 2 aromatic rings. The first kappa shape index (κ1) is 23.8. The molecule has 0 unspecified atom stereocenters. The number of methoxy groups -OCH3 is 3. The van der Waals surface area contributed by atoms with Gasteiger partial charge in [-0.2, -0.15) is 0 Å². The topological polar surface area (TPSA) is 95.6 Å². The molecule has 33 heavy (non-hydrogen) atoms. The van der Waals surface area contributed by atoms with E-state index in [1.807, 2.05) is 6.07 Å². The number of hydrogen-bond acceptors (Lipinski definition) is 7. The predicted octanol–water partition coefficient (Wildman–Crippen LogP) is 3.30. The van der Waals surface area contributed by atoms with Gasteiger partial charge in [-0.25, -0.2) is 9.59 Å². The van der Waals surface area contributed by atoms with Gasteiger partial charge in [-0.1, -0.05) is 24.3 Å². The number of benzene rings is 2. The van der Waals surface area contributed by atoms with E-state index in [9.17, 15) is 9.59 Å². The Morgan fingerprint density at radius 2 is 1.64 bits per heavy atom. The summed E-state index contributed by atoms with van der Waals surface area (Å²) in [5, 5.41) is 2.86. The van der Waals surface area contributed by atoms with Crippen molar-refractivity contribution in [1.29, 1.82) is 0 Å². The van der Waals surface area contributed by atoms with E-state index in [1.54, 1.807) is 50.4 Å². The Morgan fingerprint density at radius 3 is 2.27 bits per heavy atom. The zero-order chi connectivity index (χ0) is 24.0. The molecular formula is C24H28N2O7. The fraction of sp³-hybridized carbons (Fsp3) is 0.333. The second-order valence-electron chi connectivity index (χ2n) is 7.04. The van der Waals surface area contributed by atoms with Crippen LogP contribution in [0.2, 0.25) is 0 Å². The highest BCUT2D eigenvalue weighted by Crippen LogP contribution is 2.40. The molecule has 3 rings (SSSR count). The van der Waals surface area contributed by atoms with E-state index in [2.05, 4.69) is 5.32 Å². The number of urea groups is 1. The number of amides is 2. The first-order valence-corrected chi connectivity index (χ1v) is 10.4. The summed E-state index contributed by atoms with van der Waals surface area (Å²) in [6, 6.07) is 11.1. The number of carbonyl (C=O) groups is 2. The molecule has 9 heteroatoms. The van der Waals surface area contributed by atoms with E-state index in [-0.39, 0.29) is 18.8 Å². The van der Waals surface area contributed by atoms with E-state index in [0.29, 0.717) is 34.3 Å². The second kappa shape index (κ2) is 10.6. The van der Waals surface area contributed by atoms with Crippen LogP contribution in [0.1, 0.15) is 18.5 Å². The highest BCUT2D eigenvalue weighted by Gasteiger charge is 2.39. The van der Waals surface area contributed by atoms with Gasteiger partial charge in [0, 0.05) is 12.6 Å². The number of ether oxygens (including phenoxy) is 5. The lowest BCUT2D eigenvalue weighted by Crippen LogP contribution is -2.48. The Balaban J connectivity index is 2.12. The first-order chi connectivity index (χ1) is 16.0. The number of hydrogen-bond donors (Lipinski definition) is 1. The fourth-order valence-corrected chi connectivity index (χ4v) is 3.64. The van der Waals surface area contributed by atoms with Crippen LogP contribution in [0.4, 0.5) is 4.79 Å². The van der Waals surface area contributed by atoms with Crippen LogP contribution in [0.15, 0.2) is 53.7 Å². The maximum atomic E-state index is 13.1. The zero-order valence-corrected chi connectivity index (χ0v) is 19.3. The van der Waals surface area contributed by atoms with Gasteiger partial charge in [0.05, 0.1) is 45.2 Å². The summed E-state index contributed by atoms with van der Waals surface area (Å²) >= 11 is 0. The van der Waals surface area contributed by atoms with Crippen molar-refractivity contribution in [2.75, 3.05) is 41.6 Å². The lowest BCUT2D eigenvalue weighted by Gasteiger charge is -2.35. The Hall–Kier alpha value is -3.88. The molecule has 1 aliphatic heterocycles. The smallest absolute Gasteiger partial charge is 0.338 e. The summed E-state index contributed by atoms with van der Waals surface area (Å²) in [7, 11) is 6.12. The van der Waals surface area contributed by atoms with Crippen molar-refractivity contribution in [3.8, 4) is 23.0 Å². The Kier molecular flexibility index (Phi) is 7.66. The van der Waals surface area contributed by atoms with Crippen LogP contribution in [0.25, 0.3) is 0 Å². The van der Waals surface area contributed by atoms with E-state index >= 15 is 0 Å². The van der Waals surface area contributed by atoms with E-state index in [4.69, 9.17) is 23.7 Å². The summed E-state index contributed by atoms with van der Waals surface area (Å²) in [5.74, 6) is 1.31. The van der Waals surface area contributed by atoms with Crippen LogP contribution in [0.3, 0.4) is 0 Å². The molecule has 0 saturated heterocycles. The van der Waals surface area contributed by atoms with Crippen LogP contribution < -0.4 is 24.3 Å². The lowest BCUT2D eigenvalue weighted by atomic mass is 9.93. The number of carbonyl (C=O) groups excluding carboxylic acids is 2. The number of para-hydroxylation sites is 3. The molecule has 0 aromatic heterocycles. The van der Waals surface area contributed by atoms with Crippen molar-refractivity contribution < 1.29 is 33.3 Å². The third kappa shape index (κ3) is 4.82. The molecule has 0 saturated carbocycles. The molecule has 0 spiro atoms. The Morgan fingerprint density at radius 1 is 0.970 bits per heavy atom. The Bertz CT molecular complexity index is 1050. The van der Waals surface area contributed by atoms with Gasteiger partial charge >= 0.3 is 12.0 Å². The molecule has 1 aliphatic rings. The monoisotopic (exact) mass is 456 g/mol. The quantitative estimate of drug-likeness (QED) is 0.579. The van der Waals surface area contributed by atoms with Gasteiger partial charge in [0.2, 0.25) is 0 Å². The summed E-state index contributed by atoms with van der Waals surface area (Å²) in [6.45, 7) is 1.82. The molecule has 0 aliphatic carbocycles. The molecule has 0 fully saturated rings. The molecular weight excluding hydrogens is 428 g/mol. The number of likely N-dealkylation sites (N-methyl/N-ethyl adjacent to an activating group) is 1. The van der Waals surface area contributed by atoms with Crippen molar-refractivity contribution in [3.05, 3.63) is 59.3 Å². The number of esters is 1. The fourth-order valence-electron chi connectivity index (χ4n) is 3.64. The molecule has 176 valence electrons. The Labute approximate surface area is 192 Å². The number of nitrogens with one attached hydrogen (secondary N) is 1. The van der Waals surface area contributed by atoms with Crippen molar-refractivity contribution >= 4 is 12.0 Å². The van der Waals surface area contributed by atoms with Crippen LogP contribution in [0, 0.1) is 0 Å². The van der Waals surface area contributed by atoms with Crippen LogP contribution in [-0.4, -0.2) is 58.5 Å². The minimum absolute atomic E-state index is 0.0682. The summed E-state index contributed by atoms with van der Waals surface area (Å²) in [6.07, 6.45) is 0. The van der Waals surface area contributed by atoms with Gasteiger partial charge in [0.1, 0.15) is 6.61 Å². The van der Waals surface area contributed by atoms with Gasteiger partial charge < -0.3 is 29.0 Å². The van der Waals surface area contributed by atoms with Gasteiger partial charge in [0.15, 0.2) is 23.0 Å². The maximum absolute atomic E-state index is 13.1. The number of rotatable bonds is 9. The normalized spacial score (nSPS) is 15.6. The molecule has 0 bridgehead atoms. The summed E-state index contributed by atoms with van der Waals surface area (Å²) < 4.78 is 27.6. The van der Waals surface area contributed by atoms with Crippen molar-refractivity contribution in [2.45, 2.75) is 13.0 Å². The first-order valence-electron chi connectivity index (χ1n) is 10.4. The standard InChI is InChI=1S/C24H28N2O7/c1-6-32-23(27)20-16(14-33-18-12-8-7-11-17(18)29-3)26(2)24(28)25-21(20)15-10-9-13-19(30-4)22(15)31-5/h7-13,21H,6,14H2,1-5H3,(H,25,28)/t21-/m0/s1. The minimum Gasteiger partial charge on any atom is -0.493 e. The molecule has 0 radical (unpaired) electrons. The summed E-state index contributed by atoms with van der Waals surface area (Å²) in [5.41, 5.74) is 1.15. The van der Waals surface area contributed by atoms with Gasteiger partial charge in [-0.15, -0.1) is 0 Å². The van der Waals surface area contributed by atoms with E-state index in [1.165, 1.54) is 26.2 Å². The van der Waals surface area contributed by atoms with Crippen LogP contribution in [0.5, 0.6) is 23.0 Å². The van der Waals surface area contributed by atoms with Crippen molar-refractivity contribution in [2.24, 2.45) is 0 Å². The summed E-state index contributed by atoms with van der Waals surface area (Å²) in [4.78, 5) is 27.3. The molecule has 9 nitrogen and oxygen atoms in total. The van der Waals surface area contributed by atoms with E-state index in [0.717, 1.165) is 0 Å². The highest BCUT2D eigenvalue weighted by molar-refractivity contribution is 5.95. The molecule has 1 atom stereocenters. The van der Waals surface area contributed by atoms with Gasteiger partial charge in [0.25, 0.3) is 0 Å². The average molecular weight is 456 g/mol. The van der Waals surface area contributed by atoms with Crippen LogP contribution in [-0.2, 0) is 9.53 Å². The van der Waals surface area contributed by atoms with Crippen LogP contribution >= 0.6 is 0 Å². The zero-order valence-electron chi connectivity index (χ0n) is 19.3. The SMILES string of the molecule is CCOC(=O)C1=C(COc2ccccc2OC)N(C)C(=O)N[C@H]1c1cccc(OC)c1OC. The maximum Gasteiger partial charge on any atom is 0.338 e. The molecule has 2 amide bonds. The van der Waals surface area contributed by atoms with Crippen molar-refractivity contribution in [1.82, 2.24) is 10.2 Å². The van der Waals surface area contributed by atoms with Gasteiger partial charge in [-0.05, 0) is 25.1 Å². The lowest BCUT2D eigenvalue weighted by molar-refractivity contribution is -0.139. The molecule has 2 aromatic carbocycles. The highest BCUT2D eigenvalue weighted by atomic mass is 16.5. The third-order valence-corrected chi connectivity index (χ3v) is 5.25. The molecule has 1 N–H and O–H groups in total. The van der Waals surface area contributed by atoms with E-state index < -0.39 is 18.0 Å². The number of nitrogens with zero attached hydrogens (tertiary/aromatic N) is 1. The van der Waals surface area contributed by atoms with Crippen molar-refractivity contribution in [3.63, 3.8) is 0 Å². The minimum atomic E-state index is -0.839.